The van der Waals surface area contributed by atoms with Crippen molar-refractivity contribution in [2.45, 2.75) is 0 Å². The first-order valence-electron chi connectivity index (χ1n) is 5.92. The predicted octanol–water partition coefficient (Wildman–Crippen LogP) is 0.355. The third kappa shape index (κ3) is 3.29. The fourth-order valence-corrected chi connectivity index (χ4v) is 1.46. The molecule has 0 fully saturated rings. The third-order valence-corrected chi connectivity index (χ3v) is 2.40. The molecule has 20 heavy (non-hydrogen) atoms. The quantitative estimate of drug-likeness (QED) is 0.780. The molecule has 0 saturated carbocycles. The molecule has 8 heteroatoms. The average Bonchev–Trinajstić information content (AvgIpc) is 2.52. The van der Waals surface area contributed by atoms with Crippen molar-refractivity contribution >= 4 is 5.95 Å². The lowest BCUT2D eigenvalue weighted by Crippen LogP contribution is -2.10. The fourth-order valence-electron chi connectivity index (χ4n) is 1.46. The lowest BCUT2D eigenvalue weighted by atomic mass is 10.3. The minimum Gasteiger partial charge on any atom is -0.481 e. The molecule has 0 aliphatic carbocycles. The lowest BCUT2D eigenvalue weighted by molar-refractivity contribution is 0.310. The van der Waals surface area contributed by atoms with Crippen molar-refractivity contribution in [3.05, 3.63) is 18.3 Å². The van der Waals surface area contributed by atoms with Crippen molar-refractivity contribution in [2.75, 3.05) is 32.7 Å². The van der Waals surface area contributed by atoms with E-state index in [1.54, 1.807) is 25.4 Å². The molecular weight excluding hydrogens is 262 g/mol. The Morgan fingerprint density at radius 1 is 1.15 bits per heavy atom. The molecule has 0 radical (unpaired) electrons. The Kier molecular flexibility index (Phi) is 4.61. The van der Waals surface area contributed by atoms with Crippen molar-refractivity contribution in [1.82, 2.24) is 19.9 Å². The number of pyridine rings is 1. The van der Waals surface area contributed by atoms with E-state index >= 15 is 0 Å². The Balaban J connectivity index is 2.33. The summed E-state index contributed by atoms with van der Waals surface area (Å²) in [5, 5.41) is 11.7. The van der Waals surface area contributed by atoms with E-state index in [0.717, 1.165) is 0 Å². The largest absolute Gasteiger partial charge is 0.481 e. The number of aliphatic hydroxyl groups is 1. The van der Waals surface area contributed by atoms with E-state index in [1.165, 1.54) is 7.11 Å². The summed E-state index contributed by atoms with van der Waals surface area (Å²) in [4.78, 5) is 16.5. The highest BCUT2D eigenvalue weighted by Gasteiger charge is 2.09. The highest BCUT2D eigenvalue weighted by molar-refractivity contribution is 5.55. The fraction of sp³-hybridized carbons (Fsp3) is 0.333. The van der Waals surface area contributed by atoms with E-state index in [2.05, 4.69) is 25.3 Å². The van der Waals surface area contributed by atoms with E-state index in [0.29, 0.717) is 29.8 Å². The normalized spacial score (nSPS) is 10.2. The molecule has 2 heterocycles. The maximum absolute atomic E-state index is 8.81. The van der Waals surface area contributed by atoms with Gasteiger partial charge in [-0.05, 0) is 6.07 Å². The molecule has 8 nitrogen and oxygen atoms in total. The van der Waals surface area contributed by atoms with Crippen molar-refractivity contribution in [2.24, 2.45) is 0 Å². The summed E-state index contributed by atoms with van der Waals surface area (Å²) in [5.41, 5.74) is 0.707. The van der Waals surface area contributed by atoms with Crippen LogP contribution in [0, 0.1) is 0 Å². The first-order chi connectivity index (χ1) is 9.76. The first kappa shape index (κ1) is 13.9. The maximum atomic E-state index is 8.81. The molecule has 0 aromatic carbocycles. The SMILES string of the molecule is COc1ccc(-c2nc(NCCO)nc(OC)n2)cn1. The summed E-state index contributed by atoms with van der Waals surface area (Å²) in [7, 11) is 3.02. The van der Waals surface area contributed by atoms with Gasteiger partial charge in [-0.3, -0.25) is 0 Å². The molecule has 106 valence electrons. The molecule has 0 aliphatic heterocycles. The van der Waals surface area contributed by atoms with Crippen LogP contribution in [0.5, 0.6) is 11.9 Å². The maximum Gasteiger partial charge on any atom is 0.321 e. The van der Waals surface area contributed by atoms with Gasteiger partial charge in [-0.1, -0.05) is 0 Å². The number of aliphatic hydroxyl groups excluding tert-OH is 1. The molecule has 0 spiro atoms. The second-order valence-electron chi connectivity index (χ2n) is 3.71. The Labute approximate surface area is 115 Å². The topological polar surface area (TPSA) is 102 Å². The summed E-state index contributed by atoms with van der Waals surface area (Å²) >= 11 is 0. The Morgan fingerprint density at radius 2 is 2.00 bits per heavy atom. The van der Waals surface area contributed by atoms with Crippen LogP contribution >= 0.6 is 0 Å². The van der Waals surface area contributed by atoms with Crippen molar-refractivity contribution in [3.8, 4) is 23.3 Å². The second-order valence-corrected chi connectivity index (χ2v) is 3.71. The zero-order valence-electron chi connectivity index (χ0n) is 11.2. The van der Waals surface area contributed by atoms with Gasteiger partial charge < -0.3 is 19.9 Å². The Bertz CT molecular complexity index is 562. The molecular formula is C12H15N5O3. The first-order valence-corrected chi connectivity index (χ1v) is 5.92. The highest BCUT2D eigenvalue weighted by atomic mass is 16.5. The number of hydrogen-bond acceptors (Lipinski definition) is 8. The Hall–Kier alpha value is -2.48. The summed E-state index contributed by atoms with van der Waals surface area (Å²) in [6.07, 6.45) is 1.60. The number of aromatic nitrogens is 4. The number of rotatable bonds is 6. The minimum absolute atomic E-state index is 0.0204. The van der Waals surface area contributed by atoms with Gasteiger partial charge in [0.15, 0.2) is 5.82 Å². The van der Waals surface area contributed by atoms with Gasteiger partial charge in [0, 0.05) is 24.4 Å². The molecule has 2 rings (SSSR count). The Morgan fingerprint density at radius 3 is 2.60 bits per heavy atom. The number of ether oxygens (including phenoxy) is 2. The van der Waals surface area contributed by atoms with Crippen LogP contribution < -0.4 is 14.8 Å². The van der Waals surface area contributed by atoms with Crippen LogP contribution in [0.1, 0.15) is 0 Å². The van der Waals surface area contributed by atoms with Crippen LogP contribution in [-0.2, 0) is 0 Å². The summed E-state index contributed by atoms with van der Waals surface area (Å²) in [6, 6.07) is 3.69. The zero-order valence-corrected chi connectivity index (χ0v) is 11.2. The van der Waals surface area contributed by atoms with Crippen molar-refractivity contribution in [1.29, 1.82) is 0 Å². The highest BCUT2D eigenvalue weighted by Crippen LogP contribution is 2.19. The van der Waals surface area contributed by atoms with Gasteiger partial charge in [-0.2, -0.15) is 15.0 Å². The van der Waals surface area contributed by atoms with E-state index in [4.69, 9.17) is 14.6 Å². The van der Waals surface area contributed by atoms with E-state index < -0.39 is 0 Å². The van der Waals surface area contributed by atoms with Crippen LogP contribution in [0.4, 0.5) is 5.95 Å². The van der Waals surface area contributed by atoms with Crippen LogP contribution in [0.15, 0.2) is 18.3 Å². The molecule has 0 amide bonds. The van der Waals surface area contributed by atoms with Crippen LogP contribution in [0.2, 0.25) is 0 Å². The van der Waals surface area contributed by atoms with Gasteiger partial charge in [0.25, 0.3) is 0 Å². The smallest absolute Gasteiger partial charge is 0.321 e. The van der Waals surface area contributed by atoms with Gasteiger partial charge in [-0.15, -0.1) is 0 Å². The summed E-state index contributed by atoms with van der Waals surface area (Å²) in [5.74, 6) is 1.26. The third-order valence-electron chi connectivity index (χ3n) is 2.40. The molecule has 0 saturated heterocycles. The molecule has 0 unspecified atom stereocenters. The summed E-state index contributed by atoms with van der Waals surface area (Å²) < 4.78 is 10.0. The number of nitrogens with zero attached hydrogens (tertiary/aromatic N) is 4. The second kappa shape index (κ2) is 6.62. The minimum atomic E-state index is -0.0204. The lowest BCUT2D eigenvalue weighted by Gasteiger charge is -2.07. The van der Waals surface area contributed by atoms with Gasteiger partial charge >= 0.3 is 6.01 Å². The van der Waals surface area contributed by atoms with E-state index in [1.807, 2.05) is 0 Å². The van der Waals surface area contributed by atoms with E-state index in [9.17, 15) is 0 Å². The zero-order chi connectivity index (χ0) is 14.4. The number of anilines is 1. The standard InChI is InChI=1S/C12H15N5O3/c1-19-9-4-3-8(7-14-9)10-15-11(13-5-6-18)17-12(16-10)20-2/h3-4,7,18H,5-6H2,1-2H3,(H,13,15,16,17). The molecule has 0 atom stereocenters. The number of nitrogens with one attached hydrogen (secondary N) is 1. The van der Waals surface area contributed by atoms with Crippen molar-refractivity contribution < 1.29 is 14.6 Å². The van der Waals surface area contributed by atoms with Gasteiger partial charge in [-0.25, -0.2) is 4.98 Å². The monoisotopic (exact) mass is 277 g/mol. The molecule has 2 aromatic heterocycles. The predicted molar refractivity (Wildman–Crippen MR) is 71.7 cm³/mol. The van der Waals surface area contributed by atoms with Crippen molar-refractivity contribution in [3.63, 3.8) is 0 Å². The molecule has 2 N–H and O–H groups in total. The summed E-state index contributed by atoms with van der Waals surface area (Å²) in [6.45, 7) is 0.320. The van der Waals surface area contributed by atoms with Crippen LogP contribution in [0.25, 0.3) is 11.4 Å². The van der Waals surface area contributed by atoms with Gasteiger partial charge in [0.2, 0.25) is 11.8 Å². The molecule has 0 bridgehead atoms. The number of methoxy groups -OCH3 is 2. The number of hydrogen-bond donors (Lipinski definition) is 2. The van der Waals surface area contributed by atoms with E-state index in [-0.39, 0.29) is 12.6 Å². The average molecular weight is 277 g/mol. The van der Waals surface area contributed by atoms with Crippen LogP contribution in [0.3, 0.4) is 0 Å². The molecule has 2 aromatic rings. The van der Waals surface area contributed by atoms with Gasteiger partial charge in [0.1, 0.15) is 0 Å². The van der Waals surface area contributed by atoms with Gasteiger partial charge in [0.05, 0.1) is 20.8 Å². The van der Waals surface area contributed by atoms with Crippen LogP contribution in [-0.4, -0.2) is 52.4 Å². The molecule has 0 aliphatic rings.